The minimum absolute atomic E-state index is 0.0293. The Balaban J connectivity index is 3.21. The van der Waals surface area contributed by atoms with Gasteiger partial charge in [-0.25, -0.2) is 4.39 Å². The van der Waals surface area contributed by atoms with Gasteiger partial charge in [-0.05, 0) is 18.4 Å². The van der Waals surface area contributed by atoms with Crippen LogP contribution in [0.2, 0.25) is 0 Å². The number of rotatable bonds is 2. The quantitative estimate of drug-likeness (QED) is 0.690. The smallest absolute Gasteiger partial charge is 0.207 e. The maximum absolute atomic E-state index is 13.1. The number of hydrogen-bond acceptors (Lipinski definition) is 1. The summed E-state index contributed by atoms with van der Waals surface area (Å²) in [5.74, 6) is -0.768. The van der Waals surface area contributed by atoms with Gasteiger partial charge in [-0.2, -0.15) is 24.9 Å². The molecule has 0 aromatic heterocycles. The first-order valence-corrected chi connectivity index (χ1v) is 5.19. The Bertz CT molecular complexity index is 319. The van der Waals surface area contributed by atoms with Crippen molar-refractivity contribution in [3.8, 4) is 0 Å². The van der Waals surface area contributed by atoms with Crippen LogP contribution in [0.1, 0.15) is 11.1 Å². The lowest BCUT2D eigenvalue weighted by atomic mass is 10.1. The average Bonchev–Trinajstić information content (AvgIpc) is 2.07. The molecule has 0 spiro atoms. The van der Waals surface area contributed by atoms with E-state index < -0.39 is 17.6 Å². The maximum atomic E-state index is 13.1. The van der Waals surface area contributed by atoms with Crippen molar-refractivity contribution >= 4 is 11.8 Å². The van der Waals surface area contributed by atoms with Crippen molar-refractivity contribution in [1.29, 1.82) is 0 Å². The van der Waals surface area contributed by atoms with Gasteiger partial charge < -0.3 is 0 Å². The van der Waals surface area contributed by atoms with Crippen LogP contribution in [-0.4, -0.2) is 6.26 Å². The zero-order chi connectivity index (χ0) is 10.8. The summed E-state index contributed by atoms with van der Waals surface area (Å²) in [5, 5.41) is 0. The van der Waals surface area contributed by atoms with E-state index in [2.05, 4.69) is 0 Å². The zero-order valence-corrected chi connectivity index (χ0v) is 8.18. The molecule has 0 radical (unpaired) electrons. The summed E-state index contributed by atoms with van der Waals surface area (Å²) in [4.78, 5) is 0. The molecule has 5 heteroatoms. The molecule has 0 unspecified atom stereocenters. The molecular weight excluding hydrogens is 216 g/mol. The summed E-state index contributed by atoms with van der Waals surface area (Å²) in [6.45, 7) is 0. The van der Waals surface area contributed by atoms with Gasteiger partial charge in [0.05, 0.1) is 5.56 Å². The van der Waals surface area contributed by atoms with Crippen molar-refractivity contribution in [3.05, 3.63) is 35.1 Å². The fourth-order valence-corrected chi connectivity index (χ4v) is 1.70. The maximum Gasteiger partial charge on any atom is 0.416 e. The van der Waals surface area contributed by atoms with Gasteiger partial charge >= 0.3 is 6.18 Å². The predicted octanol–water partition coefficient (Wildman–Crippen LogP) is 3.71. The monoisotopic (exact) mass is 224 g/mol. The van der Waals surface area contributed by atoms with E-state index in [-0.39, 0.29) is 11.3 Å². The Morgan fingerprint density at radius 2 is 1.93 bits per heavy atom. The third-order valence-corrected chi connectivity index (χ3v) is 2.29. The highest BCUT2D eigenvalue weighted by Gasteiger charge is 2.34. The molecule has 1 aromatic carbocycles. The molecule has 0 heterocycles. The van der Waals surface area contributed by atoms with Crippen LogP contribution in [0.5, 0.6) is 0 Å². The lowest BCUT2D eigenvalue weighted by Crippen LogP contribution is -2.10. The van der Waals surface area contributed by atoms with E-state index in [9.17, 15) is 17.6 Å². The fraction of sp³-hybridized carbons (Fsp3) is 0.333. The highest BCUT2D eigenvalue weighted by Crippen LogP contribution is 2.34. The lowest BCUT2D eigenvalue weighted by Gasteiger charge is -2.12. The first-order chi connectivity index (χ1) is 6.46. The Kier molecular flexibility index (Phi) is 3.42. The van der Waals surface area contributed by atoms with Crippen molar-refractivity contribution in [3.63, 3.8) is 0 Å². The van der Waals surface area contributed by atoms with Crippen molar-refractivity contribution in [2.75, 3.05) is 6.26 Å². The summed E-state index contributed by atoms with van der Waals surface area (Å²) in [6.07, 6.45) is -2.85. The van der Waals surface area contributed by atoms with Crippen LogP contribution >= 0.6 is 11.8 Å². The third kappa shape index (κ3) is 2.41. The Morgan fingerprint density at radius 1 is 1.29 bits per heavy atom. The minimum Gasteiger partial charge on any atom is -0.207 e. The molecule has 0 fully saturated rings. The van der Waals surface area contributed by atoms with Crippen molar-refractivity contribution < 1.29 is 17.6 Å². The Hall–Kier alpha value is -0.710. The van der Waals surface area contributed by atoms with E-state index in [0.29, 0.717) is 0 Å². The van der Waals surface area contributed by atoms with Crippen LogP contribution in [0.3, 0.4) is 0 Å². The number of alkyl halides is 3. The van der Waals surface area contributed by atoms with E-state index in [1.807, 2.05) is 0 Å². The topological polar surface area (TPSA) is 0 Å². The third-order valence-electron chi connectivity index (χ3n) is 1.71. The van der Waals surface area contributed by atoms with Gasteiger partial charge in [0.15, 0.2) is 0 Å². The second-order valence-corrected chi connectivity index (χ2v) is 3.56. The summed E-state index contributed by atoms with van der Waals surface area (Å²) in [7, 11) is 0. The number of thioether (sulfide) groups is 1. The highest BCUT2D eigenvalue weighted by atomic mass is 32.2. The lowest BCUT2D eigenvalue weighted by molar-refractivity contribution is -0.138. The van der Waals surface area contributed by atoms with Crippen molar-refractivity contribution in [1.82, 2.24) is 0 Å². The summed E-state index contributed by atoms with van der Waals surface area (Å²) in [6, 6.07) is 3.01. The molecule has 0 aliphatic rings. The molecule has 0 atom stereocenters. The summed E-state index contributed by atoms with van der Waals surface area (Å²) < 4.78 is 50.2. The largest absolute Gasteiger partial charge is 0.416 e. The second-order valence-electron chi connectivity index (χ2n) is 2.70. The molecule has 0 nitrogen and oxygen atoms in total. The van der Waals surface area contributed by atoms with E-state index in [0.717, 1.165) is 30.0 Å². The van der Waals surface area contributed by atoms with Crippen LogP contribution in [0, 0.1) is 5.82 Å². The number of hydrogen-bond donors (Lipinski definition) is 0. The van der Waals surface area contributed by atoms with Crippen LogP contribution in [0.4, 0.5) is 17.6 Å². The molecule has 0 amide bonds. The molecule has 78 valence electrons. The average molecular weight is 224 g/mol. The molecule has 0 bridgehead atoms. The van der Waals surface area contributed by atoms with Crippen molar-refractivity contribution in [2.45, 2.75) is 11.9 Å². The molecule has 0 saturated carbocycles. The number of halogens is 4. The van der Waals surface area contributed by atoms with Crippen LogP contribution in [0.25, 0.3) is 0 Å². The highest BCUT2D eigenvalue weighted by molar-refractivity contribution is 7.97. The minimum atomic E-state index is -4.48. The molecule has 14 heavy (non-hydrogen) atoms. The molecule has 1 rings (SSSR count). The SMILES string of the molecule is CSCc1c(F)cccc1C(F)(F)F. The van der Waals surface area contributed by atoms with E-state index in [4.69, 9.17) is 0 Å². The van der Waals surface area contributed by atoms with Gasteiger partial charge in [0.25, 0.3) is 0 Å². The van der Waals surface area contributed by atoms with E-state index >= 15 is 0 Å². The zero-order valence-electron chi connectivity index (χ0n) is 7.36. The summed E-state index contributed by atoms with van der Waals surface area (Å²) in [5.41, 5.74) is -1.15. The molecule has 0 aliphatic heterocycles. The fourth-order valence-electron chi connectivity index (χ4n) is 1.12. The molecule has 0 aliphatic carbocycles. The van der Waals surface area contributed by atoms with Crippen molar-refractivity contribution in [2.24, 2.45) is 0 Å². The molecule has 0 N–H and O–H groups in total. The predicted molar refractivity (Wildman–Crippen MR) is 48.6 cm³/mol. The Labute approximate surface area is 83.3 Å². The first kappa shape index (κ1) is 11.4. The van der Waals surface area contributed by atoms with Gasteiger partial charge in [-0.1, -0.05) is 6.07 Å². The van der Waals surface area contributed by atoms with Gasteiger partial charge in [-0.15, -0.1) is 0 Å². The normalized spacial score (nSPS) is 11.8. The molecule has 0 saturated heterocycles. The van der Waals surface area contributed by atoms with Gasteiger partial charge in [0, 0.05) is 11.3 Å². The number of benzene rings is 1. The van der Waals surface area contributed by atoms with Gasteiger partial charge in [0.2, 0.25) is 0 Å². The van der Waals surface area contributed by atoms with Gasteiger partial charge in [-0.3, -0.25) is 0 Å². The Morgan fingerprint density at radius 3 is 2.43 bits per heavy atom. The van der Waals surface area contributed by atoms with Gasteiger partial charge in [0.1, 0.15) is 5.82 Å². The van der Waals surface area contributed by atoms with Crippen LogP contribution in [-0.2, 0) is 11.9 Å². The molecular formula is C9H8F4S. The molecule has 1 aromatic rings. The van der Waals surface area contributed by atoms with E-state index in [1.54, 1.807) is 6.26 Å². The summed E-state index contributed by atoms with van der Waals surface area (Å²) >= 11 is 1.16. The first-order valence-electron chi connectivity index (χ1n) is 3.80. The van der Waals surface area contributed by atoms with Crippen LogP contribution < -0.4 is 0 Å². The standard InChI is InChI=1S/C9H8F4S/c1-14-5-6-7(9(11,12)13)3-2-4-8(6)10/h2-4H,5H2,1H3. The second kappa shape index (κ2) is 4.21. The van der Waals surface area contributed by atoms with E-state index in [1.165, 1.54) is 0 Å². The van der Waals surface area contributed by atoms with Crippen LogP contribution in [0.15, 0.2) is 18.2 Å².